The first kappa shape index (κ1) is 26.6. The molecular formula is C23H36IN3O7. The molecule has 3 aliphatic rings. The van der Waals surface area contributed by atoms with Gasteiger partial charge in [-0.2, -0.15) is 0 Å². The van der Waals surface area contributed by atoms with E-state index >= 15 is 0 Å². The number of ether oxygens (including phenoxy) is 3. The van der Waals surface area contributed by atoms with Gasteiger partial charge in [0, 0.05) is 16.5 Å². The number of likely N-dealkylation sites (N-methyl/N-ethyl adjacent to an activating group) is 2. The Morgan fingerprint density at radius 2 is 1.68 bits per heavy atom. The van der Waals surface area contributed by atoms with Crippen LogP contribution in [0.3, 0.4) is 0 Å². The zero-order valence-electron chi connectivity index (χ0n) is 19.6. The molecule has 0 bridgehead atoms. The predicted octanol–water partition coefficient (Wildman–Crippen LogP) is -1.33. The van der Waals surface area contributed by atoms with E-state index in [1.807, 2.05) is 12.1 Å². The summed E-state index contributed by atoms with van der Waals surface area (Å²) in [6.07, 6.45) is -4.78. The first-order valence-electron chi connectivity index (χ1n) is 11.7. The monoisotopic (exact) mass is 593 g/mol. The molecule has 0 aromatic heterocycles. The Morgan fingerprint density at radius 3 is 2.32 bits per heavy atom. The lowest BCUT2D eigenvalue weighted by Crippen LogP contribution is -2.81. The highest BCUT2D eigenvalue weighted by Gasteiger charge is 2.68. The summed E-state index contributed by atoms with van der Waals surface area (Å²) in [5.74, 6) is -2.20. The van der Waals surface area contributed by atoms with Crippen molar-refractivity contribution in [1.29, 1.82) is 0 Å². The maximum absolute atomic E-state index is 11.7. The number of halogens is 1. The van der Waals surface area contributed by atoms with Gasteiger partial charge in [-0.3, -0.25) is 0 Å². The largest absolute Gasteiger partial charge is 0.390 e. The average molecular weight is 593 g/mol. The lowest BCUT2D eigenvalue weighted by Gasteiger charge is -2.60. The average Bonchev–Trinajstić information content (AvgIpc) is 2.79. The van der Waals surface area contributed by atoms with Crippen molar-refractivity contribution in [2.45, 2.75) is 80.0 Å². The van der Waals surface area contributed by atoms with Crippen molar-refractivity contribution in [3.05, 3.63) is 33.4 Å². The highest BCUT2D eigenvalue weighted by molar-refractivity contribution is 14.1. The van der Waals surface area contributed by atoms with Crippen LogP contribution in [0, 0.1) is 3.57 Å². The fourth-order valence-electron chi connectivity index (χ4n) is 5.41. The molecule has 2 heterocycles. The van der Waals surface area contributed by atoms with Gasteiger partial charge in [0.25, 0.3) is 0 Å². The van der Waals surface area contributed by atoms with E-state index in [2.05, 4.69) is 50.7 Å². The first-order valence-corrected chi connectivity index (χ1v) is 12.8. The second kappa shape index (κ2) is 10.5. The van der Waals surface area contributed by atoms with Crippen LogP contribution in [0.4, 0.5) is 0 Å². The van der Waals surface area contributed by atoms with Gasteiger partial charge < -0.3 is 50.6 Å². The van der Waals surface area contributed by atoms with E-state index in [0.29, 0.717) is 6.54 Å². The lowest BCUT2D eigenvalue weighted by atomic mass is 9.77. The van der Waals surface area contributed by atoms with Gasteiger partial charge in [0.2, 0.25) is 12.1 Å². The smallest absolute Gasteiger partial charge is 0.249 e. The van der Waals surface area contributed by atoms with E-state index in [4.69, 9.17) is 14.2 Å². The van der Waals surface area contributed by atoms with Crippen LogP contribution < -0.4 is 16.0 Å². The zero-order chi connectivity index (χ0) is 24.7. The Bertz CT molecular complexity index is 835. The molecule has 2 saturated heterocycles. The van der Waals surface area contributed by atoms with Gasteiger partial charge in [0.1, 0.15) is 23.9 Å². The molecule has 10 nitrogen and oxygen atoms in total. The fraction of sp³-hybridized carbons (Fsp3) is 0.739. The maximum atomic E-state index is 11.7. The van der Waals surface area contributed by atoms with E-state index in [1.54, 1.807) is 21.0 Å². The predicted molar refractivity (Wildman–Crippen MR) is 132 cm³/mol. The van der Waals surface area contributed by atoms with Gasteiger partial charge in [-0.1, -0.05) is 12.1 Å². The van der Waals surface area contributed by atoms with Gasteiger partial charge in [-0.15, -0.1) is 0 Å². The van der Waals surface area contributed by atoms with Crippen molar-refractivity contribution >= 4 is 22.6 Å². The number of fused-ring (bicyclic) bond motifs is 2. The molecule has 2 aliphatic heterocycles. The molecule has 1 saturated carbocycles. The molecule has 10 atom stereocenters. The van der Waals surface area contributed by atoms with Crippen LogP contribution in [0.15, 0.2) is 24.3 Å². The molecule has 0 amide bonds. The third-order valence-electron chi connectivity index (χ3n) is 7.27. The third-order valence-corrected chi connectivity index (χ3v) is 7.99. The topological polar surface area (TPSA) is 145 Å². The van der Waals surface area contributed by atoms with Crippen molar-refractivity contribution in [2.24, 2.45) is 0 Å². The summed E-state index contributed by atoms with van der Waals surface area (Å²) in [6, 6.07) is 6.89. The van der Waals surface area contributed by atoms with Crippen LogP contribution in [0.5, 0.6) is 0 Å². The number of aliphatic hydroxyl groups excluding tert-OH is 2. The molecule has 0 spiro atoms. The molecule has 11 heteroatoms. The highest BCUT2D eigenvalue weighted by Crippen LogP contribution is 2.46. The molecule has 4 rings (SSSR count). The standard InChI is InChI=1S/C23H36IN3O7/c1-12-10-22(30,11-27-9-8-13-4-6-14(24)7-5-13)23(31)21(32-12)33-20-18(29)15(25-2)17(28)16(26-3)19(20)34-23/h4-7,12,15-21,25-31H,8-11H2,1-3H3/t12-,15-,16+,17+,18+,19-,20?,21+,22-,23-/m1/s1. The first-order chi connectivity index (χ1) is 16.1. The van der Waals surface area contributed by atoms with Crippen molar-refractivity contribution in [3.8, 4) is 0 Å². The number of nitrogens with one attached hydrogen (secondary N) is 3. The highest BCUT2D eigenvalue weighted by atomic mass is 127. The Kier molecular flexibility index (Phi) is 8.22. The Morgan fingerprint density at radius 1 is 1.00 bits per heavy atom. The number of hydrogen-bond acceptors (Lipinski definition) is 10. The van der Waals surface area contributed by atoms with E-state index in [9.17, 15) is 20.4 Å². The lowest BCUT2D eigenvalue weighted by molar-refractivity contribution is -0.482. The van der Waals surface area contributed by atoms with Crippen LogP contribution >= 0.6 is 22.6 Å². The van der Waals surface area contributed by atoms with E-state index in [-0.39, 0.29) is 13.0 Å². The summed E-state index contributed by atoms with van der Waals surface area (Å²) in [5, 5.41) is 54.1. The maximum Gasteiger partial charge on any atom is 0.249 e. The molecule has 1 aromatic rings. The van der Waals surface area contributed by atoms with Crippen LogP contribution in [-0.2, 0) is 20.6 Å². The Hall–Kier alpha value is -0.450. The minimum Gasteiger partial charge on any atom is -0.390 e. The summed E-state index contributed by atoms with van der Waals surface area (Å²) in [4.78, 5) is 0. The molecule has 192 valence electrons. The van der Waals surface area contributed by atoms with Crippen LogP contribution in [0.25, 0.3) is 0 Å². The van der Waals surface area contributed by atoms with E-state index < -0.39 is 60.3 Å². The minimum atomic E-state index is -2.20. The third kappa shape index (κ3) is 4.77. The zero-order valence-corrected chi connectivity index (χ0v) is 21.8. The quantitative estimate of drug-likeness (QED) is 0.150. The van der Waals surface area contributed by atoms with Crippen LogP contribution in [0.1, 0.15) is 18.9 Å². The summed E-state index contributed by atoms with van der Waals surface area (Å²) in [7, 11) is 3.30. The van der Waals surface area contributed by atoms with Crippen molar-refractivity contribution in [3.63, 3.8) is 0 Å². The summed E-state index contributed by atoms with van der Waals surface area (Å²) >= 11 is 2.26. The number of rotatable bonds is 7. The molecule has 7 N–H and O–H groups in total. The molecule has 1 aromatic carbocycles. The van der Waals surface area contributed by atoms with Crippen molar-refractivity contribution in [1.82, 2.24) is 16.0 Å². The van der Waals surface area contributed by atoms with E-state index in [1.165, 1.54) is 3.57 Å². The fourth-order valence-corrected chi connectivity index (χ4v) is 5.77. The van der Waals surface area contributed by atoms with Gasteiger partial charge in [-0.05, 0) is 74.3 Å². The Labute approximate surface area is 213 Å². The normalized spacial score (nSPS) is 44.4. The van der Waals surface area contributed by atoms with Gasteiger partial charge >= 0.3 is 0 Å². The second-order valence-electron chi connectivity index (χ2n) is 9.56. The van der Waals surface area contributed by atoms with Crippen LogP contribution in [-0.4, -0.2) is 108 Å². The number of hydrogen-bond donors (Lipinski definition) is 7. The Balaban J connectivity index is 1.50. The molecule has 1 unspecified atom stereocenters. The summed E-state index contributed by atoms with van der Waals surface area (Å²) in [6.45, 7) is 2.43. The number of benzene rings is 1. The number of aliphatic hydroxyl groups is 4. The van der Waals surface area contributed by atoms with Crippen molar-refractivity contribution in [2.75, 3.05) is 27.2 Å². The van der Waals surface area contributed by atoms with Gasteiger partial charge in [0.05, 0.1) is 24.3 Å². The summed E-state index contributed by atoms with van der Waals surface area (Å²) in [5.41, 5.74) is -0.557. The van der Waals surface area contributed by atoms with Crippen LogP contribution in [0.2, 0.25) is 0 Å². The molecule has 1 aliphatic carbocycles. The SMILES string of the molecule is CN[C@@H]1[C@H](O)[C@H](NC)[C@H]2O[C@]3(O)[C@H](OC2[C@H]1O)O[C@H](C)C[C@@]3(O)CNCCc1ccc(I)cc1. The minimum absolute atomic E-state index is 0.0489. The second-order valence-corrected chi connectivity index (χ2v) is 10.8. The van der Waals surface area contributed by atoms with Gasteiger partial charge in [0.15, 0.2) is 0 Å². The van der Waals surface area contributed by atoms with E-state index in [0.717, 1.165) is 12.0 Å². The van der Waals surface area contributed by atoms with Gasteiger partial charge in [-0.25, -0.2) is 0 Å². The molecule has 34 heavy (non-hydrogen) atoms. The summed E-state index contributed by atoms with van der Waals surface area (Å²) < 4.78 is 19.2. The molecule has 0 radical (unpaired) electrons. The van der Waals surface area contributed by atoms with Crippen molar-refractivity contribution < 1.29 is 34.6 Å². The molecular weight excluding hydrogens is 557 g/mol. The molecule has 3 fully saturated rings.